The fraction of sp³-hybridized carbons (Fsp3) is 0.300. The zero-order chi connectivity index (χ0) is 18.4. The van der Waals surface area contributed by atoms with Crippen molar-refractivity contribution in [3.8, 4) is 5.69 Å². The molecule has 144 valence electrons. The number of aromatic nitrogens is 2. The van der Waals surface area contributed by atoms with Gasteiger partial charge in [0.1, 0.15) is 0 Å². The van der Waals surface area contributed by atoms with Gasteiger partial charge in [-0.1, -0.05) is 18.2 Å². The van der Waals surface area contributed by atoms with Crippen molar-refractivity contribution in [3.63, 3.8) is 0 Å². The molecule has 0 aliphatic carbocycles. The minimum Gasteiger partial charge on any atom is -0.354 e. The van der Waals surface area contributed by atoms with Gasteiger partial charge in [0.2, 0.25) is 0 Å². The summed E-state index contributed by atoms with van der Waals surface area (Å²) < 4.78 is 1.88. The molecule has 1 atom stereocenters. The van der Waals surface area contributed by atoms with Crippen molar-refractivity contribution in [1.29, 1.82) is 0 Å². The highest BCUT2D eigenvalue weighted by Gasteiger charge is 2.09. The molecular formula is C20H26IN5S. The molecule has 0 amide bonds. The molecule has 0 saturated heterocycles. The predicted molar refractivity (Wildman–Crippen MR) is 125 cm³/mol. The van der Waals surface area contributed by atoms with Gasteiger partial charge in [0.05, 0.1) is 5.69 Å². The molecule has 0 spiro atoms. The van der Waals surface area contributed by atoms with E-state index in [1.807, 2.05) is 40.4 Å². The second-order valence-corrected chi connectivity index (χ2v) is 7.64. The van der Waals surface area contributed by atoms with E-state index in [-0.39, 0.29) is 24.0 Å². The van der Waals surface area contributed by atoms with Gasteiger partial charge in [0, 0.05) is 48.2 Å². The molecule has 1 unspecified atom stereocenters. The third-order valence-corrected chi connectivity index (χ3v) is 5.12. The number of hydrogen-bond acceptors (Lipinski definition) is 3. The highest BCUT2D eigenvalue weighted by molar-refractivity contribution is 14.0. The molecule has 0 aliphatic heterocycles. The Balaban J connectivity index is 0.00000261. The van der Waals surface area contributed by atoms with E-state index in [0.717, 1.165) is 18.1 Å². The first-order valence-corrected chi connectivity index (χ1v) is 9.58. The monoisotopic (exact) mass is 495 g/mol. The summed E-state index contributed by atoms with van der Waals surface area (Å²) in [5.74, 6) is 0.807. The summed E-state index contributed by atoms with van der Waals surface area (Å²) in [6.07, 6.45) is 4.73. The number of thiophene rings is 1. The van der Waals surface area contributed by atoms with E-state index in [1.54, 1.807) is 13.2 Å². The van der Waals surface area contributed by atoms with Crippen molar-refractivity contribution >= 4 is 41.3 Å². The molecule has 2 heterocycles. The van der Waals surface area contributed by atoms with Gasteiger partial charge < -0.3 is 10.6 Å². The maximum atomic E-state index is 4.36. The molecule has 7 heteroatoms. The lowest BCUT2D eigenvalue weighted by Gasteiger charge is -2.18. The van der Waals surface area contributed by atoms with Crippen LogP contribution in [0.4, 0.5) is 0 Å². The van der Waals surface area contributed by atoms with Crippen LogP contribution >= 0.6 is 35.3 Å². The van der Waals surface area contributed by atoms with Gasteiger partial charge in [-0.25, -0.2) is 4.68 Å². The van der Waals surface area contributed by atoms with Gasteiger partial charge in [-0.15, -0.1) is 35.3 Å². The number of nitrogens with one attached hydrogen (secondary N) is 2. The second kappa shape index (κ2) is 10.5. The number of para-hydroxylation sites is 1. The smallest absolute Gasteiger partial charge is 0.191 e. The van der Waals surface area contributed by atoms with Crippen LogP contribution < -0.4 is 10.6 Å². The Bertz CT molecular complexity index is 857. The van der Waals surface area contributed by atoms with E-state index in [4.69, 9.17) is 0 Å². The largest absolute Gasteiger partial charge is 0.354 e. The summed E-state index contributed by atoms with van der Waals surface area (Å²) in [7, 11) is 1.80. The molecule has 2 aromatic heterocycles. The zero-order valence-corrected chi connectivity index (χ0v) is 19.0. The standard InChI is InChI=1S/C20H25N5S.HI/c1-15(13-18-10-9-16(2)26-18)24-20(21-3)22-14-17-7-4-5-8-19(17)25-12-6-11-23-25;/h4-12,15H,13-14H2,1-3H3,(H2,21,22,24);1H. The Morgan fingerprint density at radius 3 is 2.70 bits per heavy atom. The maximum Gasteiger partial charge on any atom is 0.191 e. The molecule has 0 saturated carbocycles. The molecule has 2 N–H and O–H groups in total. The first kappa shape index (κ1) is 21.4. The third kappa shape index (κ3) is 6.07. The first-order valence-electron chi connectivity index (χ1n) is 8.76. The summed E-state index contributed by atoms with van der Waals surface area (Å²) in [6.45, 7) is 5.00. The third-order valence-electron chi connectivity index (χ3n) is 4.10. The molecular weight excluding hydrogens is 469 g/mol. The number of rotatable bonds is 6. The van der Waals surface area contributed by atoms with Crippen LogP contribution in [-0.4, -0.2) is 28.8 Å². The molecule has 0 radical (unpaired) electrons. The topological polar surface area (TPSA) is 54.2 Å². The van der Waals surface area contributed by atoms with Crippen LogP contribution in [0.5, 0.6) is 0 Å². The Morgan fingerprint density at radius 2 is 2.04 bits per heavy atom. The number of hydrogen-bond donors (Lipinski definition) is 2. The summed E-state index contributed by atoms with van der Waals surface area (Å²) >= 11 is 1.85. The quantitative estimate of drug-likeness (QED) is 0.307. The zero-order valence-electron chi connectivity index (χ0n) is 15.8. The number of aliphatic imine (C=N–C) groups is 1. The highest BCUT2D eigenvalue weighted by Crippen LogP contribution is 2.17. The lowest BCUT2D eigenvalue weighted by molar-refractivity contribution is 0.644. The van der Waals surface area contributed by atoms with Crippen LogP contribution in [0.3, 0.4) is 0 Å². The molecule has 1 aromatic carbocycles. The van der Waals surface area contributed by atoms with Crippen LogP contribution in [0.15, 0.2) is 59.9 Å². The van der Waals surface area contributed by atoms with Crippen molar-refractivity contribution in [1.82, 2.24) is 20.4 Å². The first-order chi connectivity index (χ1) is 12.7. The Hall–Kier alpha value is -1.87. The molecule has 0 aliphatic rings. The van der Waals surface area contributed by atoms with Crippen LogP contribution in [0, 0.1) is 6.92 Å². The van der Waals surface area contributed by atoms with Gasteiger partial charge in [-0.05, 0) is 43.7 Å². The average molecular weight is 495 g/mol. The minimum atomic E-state index is 0. The van der Waals surface area contributed by atoms with Gasteiger partial charge in [-0.3, -0.25) is 4.99 Å². The van der Waals surface area contributed by atoms with E-state index >= 15 is 0 Å². The van der Waals surface area contributed by atoms with Crippen molar-refractivity contribution in [2.75, 3.05) is 7.05 Å². The molecule has 27 heavy (non-hydrogen) atoms. The van der Waals surface area contributed by atoms with E-state index in [9.17, 15) is 0 Å². The fourth-order valence-electron chi connectivity index (χ4n) is 2.85. The Kier molecular flexibility index (Phi) is 8.30. The van der Waals surface area contributed by atoms with Crippen molar-refractivity contribution in [3.05, 3.63) is 70.2 Å². The number of benzene rings is 1. The van der Waals surface area contributed by atoms with Gasteiger partial charge in [0.15, 0.2) is 5.96 Å². The van der Waals surface area contributed by atoms with Crippen LogP contribution in [-0.2, 0) is 13.0 Å². The van der Waals surface area contributed by atoms with Crippen LogP contribution in [0.25, 0.3) is 5.69 Å². The Morgan fingerprint density at radius 1 is 1.22 bits per heavy atom. The SMILES string of the molecule is CN=C(NCc1ccccc1-n1cccn1)NC(C)Cc1ccc(C)s1.I. The Labute approximate surface area is 181 Å². The fourth-order valence-corrected chi connectivity index (χ4v) is 3.87. The second-order valence-electron chi connectivity index (χ2n) is 6.27. The molecule has 3 rings (SSSR count). The number of halogens is 1. The highest BCUT2D eigenvalue weighted by atomic mass is 127. The van der Waals surface area contributed by atoms with E-state index < -0.39 is 0 Å². The van der Waals surface area contributed by atoms with E-state index in [2.05, 4.69) is 58.8 Å². The number of guanidine groups is 1. The maximum absolute atomic E-state index is 4.36. The summed E-state index contributed by atoms with van der Waals surface area (Å²) in [4.78, 5) is 7.10. The van der Waals surface area contributed by atoms with Crippen molar-refractivity contribution < 1.29 is 0 Å². The lowest BCUT2D eigenvalue weighted by atomic mass is 10.2. The van der Waals surface area contributed by atoms with Crippen LogP contribution in [0.2, 0.25) is 0 Å². The van der Waals surface area contributed by atoms with E-state index in [0.29, 0.717) is 12.6 Å². The van der Waals surface area contributed by atoms with Crippen molar-refractivity contribution in [2.45, 2.75) is 32.9 Å². The summed E-state index contributed by atoms with van der Waals surface area (Å²) in [6, 6.07) is 14.9. The molecule has 5 nitrogen and oxygen atoms in total. The van der Waals surface area contributed by atoms with Gasteiger partial charge >= 0.3 is 0 Å². The number of aryl methyl sites for hydroxylation is 1. The average Bonchev–Trinajstić information content (AvgIpc) is 3.31. The summed E-state index contributed by atoms with van der Waals surface area (Å²) in [5, 5.41) is 11.2. The molecule has 3 aromatic rings. The summed E-state index contributed by atoms with van der Waals surface area (Å²) in [5.41, 5.74) is 2.24. The number of nitrogens with zero attached hydrogens (tertiary/aromatic N) is 3. The van der Waals surface area contributed by atoms with Gasteiger partial charge in [0.25, 0.3) is 0 Å². The van der Waals surface area contributed by atoms with E-state index in [1.165, 1.54) is 15.3 Å². The van der Waals surface area contributed by atoms with Crippen molar-refractivity contribution in [2.24, 2.45) is 4.99 Å². The molecule has 0 bridgehead atoms. The van der Waals surface area contributed by atoms with Crippen LogP contribution in [0.1, 0.15) is 22.2 Å². The lowest BCUT2D eigenvalue weighted by Crippen LogP contribution is -2.42. The van der Waals surface area contributed by atoms with Gasteiger partial charge in [-0.2, -0.15) is 5.10 Å². The predicted octanol–water partition coefficient (Wildman–Crippen LogP) is 4.16. The molecule has 0 fully saturated rings. The minimum absolute atomic E-state index is 0. The normalized spacial score (nSPS) is 12.3.